The van der Waals surface area contributed by atoms with Crippen LogP contribution in [-0.4, -0.2) is 22.3 Å². The molecule has 0 radical (unpaired) electrons. The highest BCUT2D eigenvalue weighted by Gasteiger charge is 2.31. The van der Waals surface area contributed by atoms with Gasteiger partial charge in [-0.1, -0.05) is 31.2 Å². The number of allylic oxidation sites excluding steroid dienone is 4. The fourth-order valence-corrected chi connectivity index (χ4v) is 2.89. The van der Waals surface area contributed by atoms with Gasteiger partial charge in [-0.25, -0.2) is 0 Å². The summed E-state index contributed by atoms with van der Waals surface area (Å²) in [5.41, 5.74) is 3.14. The number of benzene rings is 1. The number of hydrogen-bond acceptors (Lipinski definition) is 3. The van der Waals surface area contributed by atoms with Crippen LogP contribution >= 0.6 is 0 Å². The molecule has 0 spiro atoms. The SMILES string of the molecule is CCc1ccc(C2=C(CCC(C)(C)O)C(=O)C(C)=C(C)C2=O)cc1. The number of aliphatic hydroxyl groups is 1. The van der Waals surface area contributed by atoms with Crippen LogP contribution in [0, 0.1) is 0 Å². The maximum absolute atomic E-state index is 12.8. The zero-order valence-electron chi connectivity index (χ0n) is 15.2. The fraction of sp³-hybridized carbons (Fsp3) is 0.429. The Hall–Kier alpha value is -2.00. The minimum Gasteiger partial charge on any atom is -0.390 e. The van der Waals surface area contributed by atoms with Crippen LogP contribution in [0.25, 0.3) is 5.57 Å². The number of ketones is 2. The lowest BCUT2D eigenvalue weighted by atomic mass is 9.79. The lowest BCUT2D eigenvalue weighted by Gasteiger charge is -2.24. The van der Waals surface area contributed by atoms with Crippen LogP contribution in [0.1, 0.15) is 58.6 Å². The van der Waals surface area contributed by atoms with Gasteiger partial charge in [0.25, 0.3) is 0 Å². The number of hydrogen-bond donors (Lipinski definition) is 1. The number of carbonyl (C=O) groups excluding carboxylic acids is 2. The summed E-state index contributed by atoms with van der Waals surface area (Å²) in [5, 5.41) is 10.0. The summed E-state index contributed by atoms with van der Waals surface area (Å²) >= 11 is 0. The average molecular weight is 326 g/mol. The Labute approximate surface area is 144 Å². The van der Waals surface area contributed by atoms with Crippen molar-refractivity contribution in [3.05, 3.63) is 52.1 Å². The van der Waals surface area contributed by atoms with Crippen LogP contribution in [0.4, 0.5) is 0 Å². The highest BCUT2D eigenvalue weighted by Crippen LogP contribution is 2.34. The smallest absolute Gasteiger partial charge is 0.190 e. The van der Waals surface area contributed by atoms with Crippen LogP contribution in [-0.2, 0) is 16.0 Å². The summed E-state index contributed by atoms with van der Waals surface area (Å²) in [7, 11) is 0. The number of rotatable bonds is 5. The molecule has 0 aromatic heterocycles. The molecule has 1 aliphatic carbocycles. The molecular weight excluding hydrogens is 300 g/mol. The van der Waals surface area contributed by atoms with Crippen molar-refractivity contribution in [2.45, 2.75) is 59.5 Å². The summed E-state index contributed by atoms with van der Waals surface area (Å²) < 4.78 is 0. The molecule has 0 atom stereocenters. The summed E-state index contributed by atoms with van der Waals surface area (Å²) in [6.07, 6.45) is 1.75. The van der Waals surface area contributed by atoms with Crippen molar-refractivity contribution in [2.24, 2.45) is 0 Å². The Morgan fingerprint density at radius 2 is 1.50 bits per heavy atom. The zero-order valence-corrected chi connectivity index (χ0v) is 15.2. The fourth-order valence-electron chi connectivity index (χ4n) is 2.89. The van der Waals surface area contributed by atoms with E-state index in [0.717, 1.165) is 12.0 Å². The molecule has 0 fully saturated rings. The van der Waals surface area contributed by atoms with Crippen LogP contribution in [0.15, 0.2) is 41.0 Å². The van der Waals surface area contributed by atoms with E-state index in [-0.39, 0.29) is 11.6 Å². The molecule has 1 N–H and O–H groups in total. The molecule has 0 unspecified atom stereocenters. The molecule has 0 bridgehead atoms. The normalized spacial score (nSPS) is 16.2. The standard InChI is InChI=1S/C21H26O3/c1-6-15-7-9-16(10-8-15)18-17(11-12-21(4,5)24)19(22)13(2)14(3)20(18)23/h7-10,24H,6,11-12H2,1-5H3. The molecule has 1 aromatic rings. The van der Waals surface area contributed by atoms with E-state index >= 15 is 0 Å². The summed E-state index contributed by atoms with van der Waals surface area (Å²) in [6.45, 7) is 8.92. The molecule has 0 saturated carbocycles. The molecule has 1 aromatic carbocycles. The third-order valence-corrected chi connectivity index (χ3v) is 4.68. The van der Waals surface area contributed by atoms with Crippen LogP contribution < -0.4 is 0 Å². The first-order valence-corrected chi connectivity index (χ1v) is 8.47. The maximum atomic E-state index is 12.8. The van der Waals surface area contributed by atoms with Gasteiger partial charge < -0.3 is 5.11 Å². The first kappa shape index (κ1) is 18.3. The van der Waals surface area contributed by atoms with E-state index in [0.29, 0.717) is 35.1 Å². The maximum Gasteiger partial charge on any atom is 0.190 e. The van der Waals surface area contributed by atoms with Gasteiger partial charge in [-0.15, -0.1) is 0 Å². The van der Waals surface area contributed by atoms with Crippen LogP contribution in [0.3, 0.4) is 0 Å². The monoisotopic (exact) mass is 326 g/mol. The molecule has 3 heteroatoms. The van der Waals surface area contributed by atoms with E-state index in [2.05, 4.69) is 6.92 Å². The summed E-state index contributed by atoms with van der Waals surface area (Å²) in [5.74, 6) is -0.159. The van der Waals surface area contributed by atoms with E-state index in [1.54, 1.807) is 27.7 Å². The Balaban J connectivity index is 2.54. The Morgan fingerprint density at radius 3 is 2.00 bits per heavy atom. The molecule has 0 heterocycles. The van der Waals surface area contributed by atoms with Gasteiger partial charge >= 0.3 is 0 Å². The van der Waals surface area contributed by atoms with Gasteiger partial charge in [0.15, 0.2) is 11.6 Å². The third kappa shape index (κ3) is 3.73. The van der Waals surface area contributed by atoms with Gasteiger partial charge in [-0.3, -0.25) is 9.59 Å². The second-order valence-electron chi connectivity index (χ2n) is 7.12. The van der Waals surface area contributed by atoms with Crippen molar-refractivity contribution in [2.75, 3.05) is 0 Å². The van der Waals surface area contributed by atoms with Gasteiger partial charge in [0.1, 0.15) is 0 Å². The Morgan fingerprint density at radius 1 is 0.958 bits per heavy atom. The number of aryl methyl sites for hydroxylation is 1. The zero-order chi connectivity index (χ0) is 18.1. The van der Waals surface area contributed by atoms with Crippen molar-refractivity contribution in [1.29, 1.82) is 0 Å². The molecule has 0 saturated heterocycles. The molecule has 0 aliphatic heterocycles. The lowest BCUT2D eigenvalue weighted by Crippen LogP contribution is -2.24. The predicted molar refractivity (Wildman–Crippen MR) is 96.7 cm³/mol. The second kappa shape index (κ2) is 6.86. The number of Topliss-reactive ketones (excluding diaryl/α,β-unsaturated/α-hetero) is 2. The Kier molecular flexibility index (Phi) is 5.24. The van der Waals surface area contributed by atoms with E-state index in [9.17, 15) is 14.7 Å². The minimum absolute atomic E-state index is 0.0779. The summed E-state index contributed by atoms with van der Waals surface area (Å²) in [6, 6.07) is 7.82. The van der Waals surface area contributed by atoms with Crippen molar-refractivity contribution < 1.29 is 14.7 Å². The van der Waals surface area contributed by atoms with Gasteiger partial charge in [0.2, 0.25) is 0 Å². The van der Waals surface area contributed by atoms with Gasteiger partial charge in [-0.05, 0) is 58.1 Å². The number of carbonyl (C=O) groups is 2. The predicted octanol–water partition coefficient (Wildman–Crippen LogP) is 4.04. The van der Waals surface area contributed by atoms with Crippen molar-refractivity contribution in [3.8, 4) is 0 Å². The second-order valence-corrected chi connectivity index (χ2v) is 7.12. The van der Waals surface area contributed by atoms with Crippen molar-refractivity contribution in [1.82, 2.24) is 0 Å². The lowest BCUT2D eigenvalue weighted by molar-refractivity contribution is -0.115. The summed E-state index contributed by atoms with van der Waals surface area (Å²) in [4.78, 5) is 25.6. The van der Waals surface area contributed by atoms with Crippen molar-refractivity contribution in [3.63, 3.8) is 0 Å². The van der Waals surface area contributed by atoms with Gasteiger partial charge in [-0.2, -0.15) is 0 Å². The molecule has 2 rings (SSSR count). The van der Waals surface area contributed by atoms with Gasteiger partial charge in [0, 0.05) is 22.3 Å². The molecule has 1 aliphatic rings. The van der Waals surface area contributed by atoms with Crippen molar-refractivity contribution >= 4 is 17.1 Å². The molecule has 0 amide bonds. The molecular formula is C21H26O3. The highest BCUT2D eigenvalue weighted by atomic mass is 16.3. The topological polar surface area (TPSA) is 54.4 Å². The largest absolute Gasteiger partial charge is 0.390 e. The first-order valence-electron chi connectivity index (χ1n) is 8.47. The quantitative estimate of drug-likeness (QED) is 0.831. The molecule has 24 heavy (non-hydrogen) atoms. The molecule has 128 valence electrons. The highest BCUT2D eigenvalue weighted by molar-refractivity contribution is 6.39. The van der Waals surface area contributed by atoms with Crippen LogP contribution in [0.2, 0.25) is 0 Å². The van der Waals surface area contributed by atoms with E-state index in [1.807, 2.05) is 24.3 Å². The van der Waals surface area contributed by atoms with E-state index in [4.69, 9.17) is 0 Å². The third-order valence-electron chi connectivity index (χ3n) is 4.68. The Bertz CT molecular complexity index is 725. The van der Waals surface area contributed by atoms with Gasteiger partial charge in [0.05, 0.1) is 5.60 Å². The van der Waals surface area contributed by atoms with E-state index in [1.165, 1.54) is 5.56 Å². The molecule has 3 nitrogen and oxygen atoms in total. The van der Waals surface area contributed by atoms with E-state index < -0.39 is 5.60 Å². The average Bonchev–Trinajstić information content (AvgIpc) is 2.54. The van der Waals surface area contributed by atoms with Crippen LogP contribution in [0.5, 0.6) is 0 Å². The first-order chi connectivity index (χ1) is 11.2. The minimum atomic E-state index is -0.877.